The summed E-state index contributed by atoms with van der Waals surface area (Å²) in [5.74, 6) is -0.330. The molecule has 1 heterocycles. The first kappa shape index (κ1) is 23.2. The van der Waals surface area contributed by atoms with Gasteiger partial charge in [0.2, 0.25) is 5.91 Å². The molecule has 2 bridgehead atoms. The van der Waals surface area contributed by atoms with E-state index in [-0.39, 0.29) is 36.4 Å². The van der Waals surface area contributed by atoms with Crippen LogP contribution >= 0.6 is 0 Å². The van der Waals surface area contributed by atoms with E-state index in [0.717, 1.165) is 12.1 Å². The number of benzene rings is 1. The molecule has 0 atom stereocenters. The Balaban J connectivity index is 1.09. The Morgan fingerprint density at radius 1 is 1.12 bits per heavy atom. The topological polar surface area (TPSA) is 65.4 Å². The van der Waals surface area contributed by atoms with Gasteiger partial charge in [-0.25, -0.2) is 4.98 Å². The first-order valence-corrected chi connectivity index (χ1v) is 10.7. The highest BCUT2D eigenvalue weighted by Gasteiger charge is 2.69. The number of hydrogen-bond acceptors (Lipinski definition) is 4. The van der Waals surface area contributed by atoms with E-state index < -0.39 is 30.3 Å². The molecule has 2 aromatic rings. The summed E-state index contributed by atoms with van der Waals surface area (Å²) in [5.41, 5.74) is -0.506. The summed E-state index contributed by atoms with van der Waals surface area (Å²) in [6.07, 6.45) is -4.97. The van der Waals surface area contributed by atoms with Crippen molar-refractivity contribution in [1.82, 2.24) is 14.9 Å². The van der Waals surface area contributed by atoms with E-state index in [1.165, 1.54) is 6.07 Å². The van der Waals surface area contributed by atoms with E-state index in [9.17, 15) is 31.1 Å². The van der Waals surface area contributed by atoms with Crippen molar-refractivity contribution in [2.75, 3.05) is 6.61 Å². The fraction of sp³-hybridized carbons (Fsp3) is 0.545. The maximum atomic E-state index is 13.0. The Labute approximate surface area is 190 Å². The second kappa shape index (κ2) is 7.70. The molecule has 12 heteroatoms. The summed E-state index contributed by atoms with van der Waals surface area (Å²) < 4.78 is 86.5. The standard InChI is InChI=1S/C22H21F6N3O3/c23-21(24,25)14-3-1-2-13(4-14)17-7-31(12-29-17)20-9-19(10-20,11-20)30-18(32)8-33-15-5-16(6-15)34-22(26,27)28/h1-4,7,12,15-16H,5-6,8-11H2,(H,30,32)/t15-,16+,19?,20?. The first-order valence-electron chi connectivity index (χ1n) is 10.7. The maximum Gasteiger partial charge on any atom is 0.522 e. The minimum Gasteiger partial charge on any atom is -0.368 e. The van der Waals surface area contributed by atoms with Crippen LogP contribution in [0.25, 0.3) is 11.3 Å². The molecule has 0 spiro atoms. The number of nitrogens with one attached hydrogen (secondary N) is 1. The van der Waals surface area contributed by atoms with Crippen LogP contribution < -0.4 is 5.32 Å². The van der Waals surface area contributed by atoms with Crippen molar-refractivity contribution in [3.8, 4) is 11.3 Å². The SMILES string of the molecule is O=C(CO[C@H]1C[C@@H](OC(F)(F)F)C1)NC12CC(n3cnc(-c4cccc(C(F)(F)F)c4)c3)(C1)C2. The number of imidazole rings is 1. The van der Waals surface area contributed by atoms with Gasteiger partial charge in [-0.2, -0.15) is 13.2 Å². The van der Waals surface area contributed by atoms with Crippen LogP contribution in [0.3, 0.4) is 0 Å². The molecule has 4 saturated carbocycles. The minimum absolute atomic E-state index is 0.0931. The molecule has 1 N–H and O–H groups in total. The minimum atomic E-state index is -4.67. The van der Waals surface area contributed by atoms with Gasteiger partial charge in [-0.1, -0.05) is 12.1 Å². The van der Waals surface area contributed by atoms with Crippen LogP contribution in [0.2, 0.25) is 0 Å². The second-order valence-electron chi connectivity index (χ2n) is 9.42. The van der Waals surface area contributed by atoms with Crippen LogP contribution in [-0.4, -0.2) is 46.2 Å². The number of nitrogens with zero attached hydrogens (tertiary/aromatic N) is 2. The van der Waals surface area contributed by atoms with Crippen LogP contribution in [-0.2, 0) is 26.0 Å². The molecule has 0 radical (unpaired) electrons. The third-order valence-corrected chi connectivity index (χ3v) is 6.82. The molecular weight excluding hydrogens is 468 g/mol. The number of ether oxygens (including phenoxy) is 2. The fourth-order valence-corrected chi connectivity index (χ4v) is 5.19. The van der Waals surface area contributed by atoms with Gasteiger partial charge in [0, 0.05) is 30.1 Å². The van der Waals surface area contributed by atoms with Crippen LogP contribution in [0.4, 0.5) is 26.3 Å². The zero-order chi connectivity index (χ0) is 24.4. The Morgan fingerprint density at radius 3 is 2.47 bits per heavy atom. The van der Waals surface area contributed by atoms with Crippen LogP contribution in [0.5, 0.6) is 0 Å². The number of carbonyl (C=O) groups excluding carboxylic acids is 1. The van der Waals surface area contributed by atoms with Gasteiger partial charge in [0.15, 0.2) is 0 Å². The maximum absolute atomic E-state index is 13.0. The van der Waals surface area contributed by atoms with E-state index in [1.54, 1.807) is 18.6 Å². The van der Waals surface area contributed by atoms with Crippen LogP contribution in [0.15, 0.2) is 36.8 Å². The summed E-state index contributed by atoms with van der Waals surface area (Å²) in [6.45, 7) is -0.233. The molecule has 6 nitrogen and oxygen atoms in total. The number of amides is 1. The van der Waals surface area contributed by atoms with E-state index in [0.29, 0.717) is 30.5 Å². The van der Waals surface area contributed by atoms with Crippen molar-refractivity contribution in [1.29, 1.82) is 0 Å². The largest absolute Gasteiger partial charge is 0.522 e. The Kier molecular flexibility index (Phi) is 5.25. The van der Waals surface area contributed by atoms with Crippen LogP contribution in [0, 0.1) is 0 Å². The summed E-state index contributed by atoms with van der Waals surface area (Å²) in [5, 5.41) is 2.93. The molecule has 34 heavy (non-hydrogen) atoms. The predicted molar refractivity (Wildman–Crippen MR) is 105 cm³/mol. The molecular formula is C22H21F6N3O3. The van der Waals surface area contributed by atoms with Crippen LogP contribution in [0.1, 0.15) is 37.7 Å². The lowest BCUT2D eigenvalue weighted by Crippen LogP contribution is -2.78. The summed E-state index contributed by atoms with van der Waals surface area (Å²) >= 11 is 0. The number of rotatable bonds is 7. The van der Waals surface area contributed by atoms with Crippen molar-refractivity contribution in [3.63, 3.8) is 0 Å². The Hall–Kier alpha value is -2.60. The van der Waals surface area contributed by atoms with Crippen molar-refractivity contribution in [2.24, 2.45) is 0 Å². The van der Waals surface area contributed by atoms with E-state index >= 15 is 0 Å². The molecule has 4 aliphatic rings. The number of alkyl halides is 6. The molecule has 6 rings (SSSR count). The molecule has 184 valence electrons. The molecule has 4 aliphatic carbocycles. The second-order valence-corrected chi connectivity index (χ2v) is 9.42. The first-order chi connectivity index (χ1) is 15.8. The third-order valence-electron chi connectivity index (χ3n) is 6.82. The average molecular weight is 489 g/mol. The Bertz CT molecular complexity index is 1070. The molecule has 0 unspecified atom stereocenters. The van der Waals surface area contributed by atoms with E-state index in [4.69, 9.17) is 4.74 Å². The summed E-state index contributed by atoms with van der Waals surface area (Å²) in [6, 6.07) is 5.00. The van der Waals surface area contributed by atoms with Crippen molar-refractivity contribution < 1.29 is 40.6 Å². The Morgan fingerprint density at radius 2 is 1.82 bits per heavy atom. The van der Waals surface area contributed by atoms with Gasteiger partial charge in [-0.15, -0.1) is 13.2 Å². The molecule has 0 saturated heterocycles. The molecule has 4 fully saturated rings. The highest BCUT2D eigenvalue weighted by molar-refractivity contribution is 5.79. The average Bonchev–Trinajstić information content (AvgIpc) is 3.13. The van der Waals surface area contributed by atoms with E-state index in [2.05, 4.69) is 15.0 Å². The van der Waals surface area contributed by atoms with Crippen molar-refractivity contribution in [3.05, 3.63) is 42.4 Å². The van der Waals surface area contributed by atoms with Gasteiger partial charge in [-0.3, -0.25) is 9.53 Å². The summed E-state index contributed by atoms with van der Waals surface area (Å²) in [7, 11) is 0. The normalized spacial score (nSPS) is 30.2. The molecule has 1 aromatic carbocycles. The highest BCUT2D eigenvalue weighted by atomic mass is 19.4. The quantitative estimate of drug-likeness (QED) is 0.586. The number of hydrogen-bond donors (Lipinski definition) is 1. The lowest BCUT2D eigenvalue weighted by atomic mass is 9.44. The smallest absolute Gasteiger partial charge is 0.368 e. The third kappa shape index (κ3) is 4.40. The molecule has 1 aromatic heterocycles. The lowest BCUT2D eigenvalue weighted by Gasteiger charge is -2.70. The number of halogens is 6. The molecule has 1 amide bonds. The number of aromatic nitrogens is 2. The van der Waals surface area contributed by atoms with Gasteiger partial charge < -0.3 is 14.6 Å². The van der Waals surface area contributed by atoms with Gasteiger partial charge in [0.25, 0.3) is 0 Å². The van der Waals surface area contributed by atoms with Gasteiger partial charge in [0.05, 0.1) is 35.3 Å². The van der Waals surface area contributed by atoms with E-state index in [1.807, 2.05) is 4.57 Å². The summed E-state index contributed by atoms with van der Waals surface area (Å²) in [4.78, 5) is 16.5. The van der Waals surface area contributed by atoms with Gasteiger partial charge in [0.1, 0.15) is 6.61 Å². The van der Waals surface area contributed by atoms with Crippen molar-refractivity contribution in [2.45, 2.75) is 67.9 Å². The van der Waals surface area contributed by atoms with Gasteiger partial charge >= 0.3 is 12.5 Å². The van der Waals surface area contributed by atoms with Crippen molar-refractivity contribution >= 4 is 5.91 Å². The monoisotopic (exact) mass is 489 g/mol. The van der Waals surface area contributed by atoms with Gasteiger partial charge in [-0.05, 0) is 31.4 Å². The lowest BCUT2D eigenvalue weighted by molar-refractivity contribution is -0.357. The predicted octanol–water partition coefficient (Wildman–Crippen LogP) is 4.40. The zero-order valence-corrected chi connectivity index (χ0v) is 17.7. The molecule has 0 aliphatic heterocycles. The zero-order valence-electron chi connectivity index (χ0n) is 17.7. The fourth-order valence-electron chi connectivity index (χ4n) is 5.19. The highest BCUT2D eigenvalue weighted by Crippen LogP contribution is 2.65. The number of carbonyl (C=O) groups is 1.